The smallest absolute Gasteiger partial charge is 0.283 e. The lowest BCUT2D eigenvalue weighted by Crippen LogP contribution is -1.92. The molecule has 0 aromatic heterocycles. The molecule has 1 N–H and O–H groups in total. The van der Waals surface area contributed by atoms with Gasteiger partial charge in [-0.15, -0.1) is 0 Å². The number of nitro benzene ring substituents is 1. The van der Waals surface area contributed by atoms with Crippen molar-refractivity contribution in [3.05, 3.63) is 63.2 Å². The van der Waals surface area contributed by atoms with E-state index in [2.05, 4.69) is 0 Å². The van der Waals surface area contributed by atoms with Gasteiger partial charge < -0.3 is 5.11 Å². The molecule has 4 nitrogen and oxygen atoms in total. The molecule has 0 saturated carbocycles. The van der Waals surface area contributed by atoms with Gasteiger partial charge in [-0.25, -0.2) is 0 Å². The lowest BCUT2D eigenvalue weighted by Gasteiger charge is -2.09. The zero-order chi connectivity index (χ0) is 14.7. The average Bonchev–Trinajstić information content (AvgIpc) is 2.41. The van der Waals surface area contributed by atoms with Crippen LogP contribution in [0.3, 0.4) is 0 Å². The Labute approximate surface area is 125 Å². The van der Waals surface area contributed by atoms with E-state index < -0.39 is 11.0 Å². The van der Waals surface area contributed by atoms with Crippen molar-refractivity contribution in [3.63, 3.8) is 0 Å². The van der Waals surface area contributed by atoms with Crippen LogP contribution in [-0.4, -0.2) is 10.0 Å². The Morgan fingerprint density at radius 2 is 1.95 bits per heavy atom. The van der Waals surface area contributed by atoms with Crippen molar-refractivity contribution < 1.29 is 10.0 Å². The Balaban J connectivity index is 2.33. The Kier molecular flexibility index (Phi) is 4.65. The molecule has 0 unspecified atom stereocenters. The molecule has 0 aliphatic carbocycles. The first kappa shape index (κ1) is 14.8. The lowest BCUT2D eigenvalue weighted by atomic mass is 10.1. The van der Waals surface area contributed by atoms with Gasteiger partial charge in [-0.05, 0) is 30.7 Å². The van der Waals surface area contributed by atoms with E-state index in [1.807, 2.05) is 0 Å². The fourth-order valence-corrected chi connectivity index (χ4v) is 2.90. The van der Waals surface area contributed by atoms with Crippen LogP contribution in [-0.2, 0) is 0 Å². The van der Waals surface area contributed by atoms with Gasteiger partial charge >= 0.3 is 0 Å². The van der Waals surface area contributed by atoms with Crippen molar-refractivity contribution in [2.45, 2.75) is 22.8 Å². The number of benzene rings is 2. The number of nitrogens with zero attached hydrogens (tertiary/aromatic N) is 1. The monoisotopic (exact) mass is 309 g/mol. The van der Waals surface area contributed by atoms with E-state index in [1.54, 1.807) is 43.3 Å². The largest absolute Gasteiger partial charge is 0.389 e. The van der Waals surface area contributed by atoms with E-state index >= 15 is 0 Å². The second kappa shape index (κ2) is 6.26. The van der Waals surface area contributed by atoms with Crippen LogP contribution in [0.15, 0.2) is 52.3 Å². The summed E-state index contributed by atoms with van der Waals surface area (Å²) in [5.74, 6) is 0. The molecule has 104 valence electrons. The molecule has 0 aliphatic rings. The minimum Gasteiger partial charge on any atom is -0.389 e. The van der Waals surface area contributed by atoms with Crippen LogP contribution >= 0.6 is 23.4 Å². The van der Waals surface area contributed by atoms with Crippen LogP contribution in [0, 0.1) is 10.1 Å². The van der Waals surface area contributed by atoms with Gasteiger partial charge in [0.25, 0.3) is 5.69 Å². The molecule has 0 aliphatic heterocycles. The molecule has 2 rings (SSSR count). The quantitative estimate of drug-likeness (QED) is 0.669. The van der Waals surface area contributed by atoms with Crippen LogP contribution < -0.4 is 0 Å². The zero-order valence-corrected chi connectivity index (χ0v) is 12.2. The summed E-state index contributed by atoms with van der Waals surface area (Å²) in [6.07, 6.45) is -0.599. The summed E-state index contributed by atoms with van der Waals surface area (Å²) in [6.45, 7) is 1.65. The van der Waals surface area contributed by atoms with Crippen molar-refractivity contribution >= 4 is 29.1 Å². The molecule has 6 heteroatoms. The van der Waals surface area contributed by atoms with Crippen LogP contribution in [0.4, 0.5) is 5.69 Å². The van der Waals surface area contributed by atoms with Crippen molar-refractivity contribution in [1.29, 1.82) is 0 Å². The first-order valence-electron chi connectivity index (χ1n) is 5.88. The molecular formula is C14H12ClNO3S. The van der Waals surface area contributed by atoms with Crippen molar-refractivity contribution in [3.8, 4) is 0 Å². The van der Waals surface area contributed by atoms with Gasteiger partial charge in [0, 0.05) is 11.0 Å². The first-order valence-corrected chi connectivity index (χ1v) is 7.07. The predicted octanol–water partition coefficient (Wildman–Crippen LogP) is 4.45. The number of aliphatic hydroxyl groups excluding tert-OH is 1. The molecule has 2 aromatic rings. The first-order chi connectivity index (χ1) is 9.49. The van der Waals surface area contributed by atoms with Crippen LogP contribution in [0.1, 0.15) is 18.6 Å². The molecule has 0 heterocycles. The second-order valence-corrected chi connectivity index (χ2v) is 5.68. The van der Waals surface area contributed by atoms with Crippen molar-refractivity contribution in [1.82, 2.24) is 0 Å². The summed E-state index contributed by atoms with van der Waals surface area (Å²) in [4.78, 5) is 11.8. The van der Waals surface area contributed by atoms with Gasteiger partial charge in [-0.2, -0.15) is 0 Å². The van der Waals surface area contributed by atoms with Crippen molar-refractivity contribution in [2.75, 3.05) is 0 Å². The van der Waals surface area contributed by atoms with Crippen molar-refractivity contribution in [2.24, 2.45) is 0 Å². The highest BCUT2D eigenvalue weighted by Gasteiger charge is 2.15. The topological polar surface area (TPSA) is 63.4 Å². The van der Waals surface area contributed by atoms with E-state index in [-0.39, 0.29) is 5.69 Å². The Bertz CT molecular complexity index is 646. The van der Waals surface area contributed by atoms with E-state index in [0.717, 1.165) is 0 Å². The highest BCUT2D eigenvalue weighted by Crippen LogP contribution is 2.38. The van der Waals surface area contributed by atoms with Gasteiger partial charge in [-0.1, -0.05) is 41.6 Å². The molecule has 0 spiro atoms. The molecule has 20 heavy (non-hydrogen) atoms. The maximum Gasteiger partial charge on any atom is 0.283 e. The molecule has 0 fully saturated rings. The third kappa shape index (κ3) is 3.30. The standard InChI is InChI=1S/C14H12ClNO3S/c1-9(17)10-6-7-13(11(15)8-10)20-14-5-3-2-4-12(14)16(18)19/h2-9,17H,1H3/t9-/m1/s1. The third-order valence-electron chi connectivity index (χ3n) is 2.72. The number of halogens is 1. The number of nitro groups is 1. The predicted molar refractivity (Wildman–Crippen MR) is 79.3 cm³/mol. The number of hydrogen-bond donors (Lipinski definition) is 1. The van der Waals surface area contributed by atoms with Gasteiger partial charge in [-0.3, -0.25) is 10.1 Å². The molecule has 2 aromatic carbocycles. The maximum atomic E-state index is 11.0. The third-order valence-corrected chi connectivity index (χ3v) is 4.29. The molecule has 1 atom stereocenters. The Hall–Kier alpha value is -1.56. The van der Waals surface area contributed by atoms with Crippen LogP contribution in [0.25, 0.3) is 0 Å². The number of aliphatic hydroxyl groups is 1. The molecule has 0 bridgehead atoms. The SMILES string of the molecule is C[C@@H](O)c1ccc(Sc2ccccc2[N+](=O)[O-])c(Cl)c1. The summed E-state index contributed by atoms with van der Waals surface area (Å²) < 4.78 is 0. The van der Waals surface area contributed by atoms with Gasteiger partial charge in [0.05, 0.1) is 20.9 Å². The Morgan fingerprint density at radius 3 is 2.55 bits per heavy atom. The van der Waals surface area contributed by atoms with Gasteiger partial charge in [0.1, 0.15) is 0 Å². The fourth-order valence-electron chi connectivity index (χ4n) is 1.67. The van der Waals surface area contributed by atoms with Crippen LogP contribution in [0.2, 0.25) is 5.02 Å². The minimum atomic E-state index is -0.599. The Morgan fingerprint density at radius 1 is 1.25 bits per heavy atom. The van der Waals surface area contributed by atoms with E-state index in [4.69, 9.17) is 11.6 Å². The number of rotatable bonds is 4. The summed E-state index contributed by atoms with van der Waals surface area (Å²) in [7, 11) is 0. The maximum absolute atomic E-state index is 11.0. The molecule has 0 amide bonds. The molecule has 0 saturated heterocycles. The highest BCUT2D eigenvalue weighted by molar-refractivity contribution is 7.99. The summed E-state index contributed by atoms with van der Waals surface area (Å²) in [6, 6.07) is 11.7. The lowest BCUT2D eigenvalue weighted by molar-refractivity contribution is -0.387. The fraction of sp³-hybridized carbons (Fsp3) is 0.143. The summed E-state index contributed by atoms with van der Waals surface area (Å²) >= 11 is 7.39. The number of hydrogen-bond acceptors (Lipinski definition) is 4. The molecule has 0 radical (unpaired) electrons. The average molecular weight is 310 g/mol. The number of para-hydroxylation sites is 1. The van der Waals surface area contributed by atoms with Gasteiger partial charge in [0.15, 0.2) is 0 Å². The minimum absolute atomic E-state index is 0.0492. The normalized spacial score (nSPS) is 12.2. The summed E-state index contributed by atoms with van der Waals surface area (Å²) in [5, 5.41) is 20.9. The van der Waals surface area contributed by atoms with E-state index in [0.29, 0.717) is 20.4 Å². The molecular weight excluding hydrogens is 298 g/mol. The van der Waals surface area contributed by atoms with Crippen LogP contribution in [0.5, 0.6) is 0 Å². The highest BCUT2D eigenvalue weighted by atomic mass is 35.5. The zero-order valence-electron chi connectivity index (χ0n) is 10.6. The van der Waals surface area contributed by atoms with E-state index in [1.165, 1.54) is 17.8 Å². The summed E-state index contributed by atoms with van der Waals surface area (Å²) in [5.41, 5.74) is 0.759. The van der Waals surface area contributed by atoms with E-state index in [9.17, 15) is 15.2 Å². The van der Waals surface area contributed by atoms with Gasteiger partial charge in [0.2, 0.25) is 0 Å². The second-order valence-electron chi connectivity index (χ2n) is 4.19.